The van der Waals surface area contributed by atoms with E-state index in [1.807, 2.05) is 0 Å². The highest BCUT2D eigenvalue weighted by Crippen LogP contribution is 2.43. The van der Waals surface area contributed by atoms with Gasteiger partial charge in [0.15, 0.2) is 6.10 Å². The molecular formula is C62H115O11P. The molecule has 0 aromatic heterocycles. The molecule has 0 spiro atoms. The van der Waals surface area contributed by atoms with E-state index in [9.17, 15) is 28.9 Å². The van der Waals surface area contributed by atoms with Gasteiger partial charge in [-0.3, -0.25) is 23.4 Å². The van der Waals surface area contributed by atoms with E-state index in [1.165, 1.54) is 141 Å². The van der Waals surface area contributed by atoms with Gasteiger partial charge in [-0.1, -0.05) is 250 Å². The maximum Gasteiger partial charge on any atom is 0.472 e. The van der Waals surface area contributed by atoms with Gasteiger partial charge in [0.2, 0.25) is 0 Å². The van der Waals surface area contributed by atoms with Crippen LogP contribution in [0.5, 0.6) is 0 Å². The fourth-order valence-corrected chi connectivity index (χ4v) is 9.59. The highest BCUT2D eigenvalue weighted by Gasteiger charge is 2.28. The van der Waals surface area contributed by atoms with Crippen molar-refractivity contribution in [1.29, 1.82) is 0 Å². The Balaban J connectivity index is 4.66. The normalized spacial score (nSPS) is 13.5. The van der Waals surface area contributed by atoms with Crippen molar-refractivity contribution >= 4 is 25.7 Å². The van der Waals surface area contributed by atoms with Gasteiger partial charge >= 0.3 is 25.7 Å². The van der Waals surface area contributed by atoms with E-state index < -0.39 is 57.8 Å². The van der Waals surface area contributed by atoms with Crippen molar-refractivity contribution in [2.24, 2.45) is 0 Å². The third kappa shape index (κ3) is 54.5. The van der Waals surface area contributed by atoms with Crippen LogP contribution < -0.4 is 0 Å². The average molecular weight is 1070 g/mol. The summed E-state index contributed by atoms with van der Waals surface area (Å²) < 4.78 is 39.6. The third-order valence-corrected chi connectivity index (χ3v) is 14.5. The maximum absolute atomic E-state index is 12.9. The number of phosphoric ester groups is 1. The highest BCUT2D eigenvalue weighted by molar-refractivity contribution is 7.47. The summed E-state index contributed by atoms with van der Waals surface area (Å²) in [7, 11) is -4.75. The van der Waals surface area contributed by atoms with E-state index in [1.54, 1.807) is 0 Å². The third-order valence-electron chi connectivity index (χ3n) is 13.5. The van der Waals surface area contributed by atoms with Gasteiger partial charge < -0.3 is 24.2 Å². The molecule has 0 bridgehead atoms. The van der Waals surface area contributed by atoms with Gasteiger partial charge in [0.05, 0.1) is 19.8 Å². The molecule has 0 amide bonds. The number of carbonyl (C=O) groups excluding carboxylic acids is 3. The number of carbonyl (C=O) groups is 3. The predicted molar refractivity (Wildman–Crippen MR) is 307 cm³/mol. The molecule has 74 heavy (non-hydrogen) atoms. The standard InChI is InChI=1S/C62H115O11P/c1-4-7-10-13-16-19-22-25-27-28-29-30-32-35-38-41-44-47-50-53-62(66)73-59(55-69-60(64)51-48-45-42-39-36-33-24-21-18-15-12-9-6-3)57-71-74(67,68)70-56-58(54-63)72-61(65)52-49-46-43-40-37-34-31-26-23-20-17-14-11-8-5-2/h12,15,21,24,26,31,58-59,63H,4-11,13-14,16-20,22-23,25,27-30,32-57H2,1-3H3,(H,67,68)/b15-12-,24-21-,31-26-. The number of aliphatic hydroxyl groups excluding tert-OH is 1. The lowest BCUT2D eigenvalue weighted by Gasteiger charge is -2.21. The number of aliphatic hydroxyl groups is 1. The molecule has 0 aromatic carbocycles. The van der Waals surface area contributed by atoms with Crippen LogP contribution in [0.4, 0.5) is 0 Å². The van der Waals surface area contributed by atoms with E-state index in [0.29, 0.717) is 19.3 Å². The monoisotopic (exact) mass is 1070 g/mol. The van der Waals surface area contributed by atoms with Crippen molar-refractivity contribution in [3.05, 3.63) is 36.5 Å². The number of hydrogen-bond acceptors (Lipinski definition) is 10. The number of ether oxygens (including phenoxy) is 3. The van der Waals surface area contributed by atoms with Crippen LogP contribution in [-0.2, 0) is 42.2 Å². The molecule has 0 fully saturated rings. The van der Waals surface area contributed by atoms with Gasteiger partial charge in [-0.15, -0.1) is 0 Å². The summed E-state index contributed by atoms with van der Waals surface area (Å²) in [6.07, 6.45) is 59.6. The Kier molecular flexibility index (Phi) is 55.1. The Bertz CT molecular complexity index is 1380. The summed E-state index contributed by atoms with van der Waals surface area (Å²) in [5, 5.41) is 9.83. The second-order valence-corrected chi connectivity index (χ2v) is 22.3. The summed E-state index contributed by atoms with van der Waals surface area (Å²) in [6, 6.07) is 0. The number of rotatable bonds is 58. The summed E-state index contributed by atoms with van der Waals surface area (Å²) in [4.78, 5) is 48.6. The van der Waals surface area contributed by atoms with Crippen LogP contribution in [0, 0.1) is 0 Å². The number of unbranched alkanes of at least 4 members (excludes halogenated alkanes) is 35. The minimum atomic E-state index is -4.75. The lowest BCUT2D eigenvalue weighted by Crippen LogP contribution is -2.30. The Morgan fingerprint density at radius 2 is 0.689 bits per heavy atom. The van der Waals surface area contributed by atoms with Gasteiger partial charge in [-0.25, -0.2) is 4.57 Å². The zero-order valence-corrected chi connectivity index (χ0v) is 49.0. The second-order valence-electron chi connectivity index (χ2n) is 20.9. The molecule has 2 N–H and O–H groups in total. The van der Waals surface area contributed by atoms with Crippen LogP contribution in [0.3, 0.4) is 0 Å². The summed E-state index contributed by atoms with van der Waals surface area (Å²) in [5.41, 5.74) is 0. The number of allylic oxidation sites excluding steroid dienone is 6. The second kappa shape index (κ2) is 56.9. The Morgan fingerprint density at radius 3 is 1.07 bits per heavy atom. The van der Waals surface area contributed by atoms with Crippen molar-refractivity contribution in [3.8, 4) is 0 Å². The van der Waals surface area contributed by atoms with Gasteiger partial charge in [0.1, 0.15) is 12.7 Å². The summed E-state index contributed by atoms with van der Waals surface area (Å²) in [5.74, 6) is -1.47. The molecule has 0 aliphatic heterocycles. The maximum atomic E-state index is 12.9. The fourth-order valence-electron chi connectivity index (χ4n) is 8.80. The van der Waals surface area contributed by atoms with Gasteiger partial charge in [-0.05, 0) is 70.6 Å². The van der Waals surface area contributed by atoms with Crippen LogP contribution in [0.2, 0.25) is 0 Å². The topological polar surface area (TPSA) is 155 Å². The van der Waals surface area contributed by atoms with E-state index in [-0.39, 0.29) is 25.9 Å². The number of esters is 3. The fraction of sp³-hybridized carbons (Fsp3) is 0.855. The van der Waals surface area contributed by atoms with Crippen molar-refractivity contribution < 1.29 is 52.2 Å². The first-order chi connectivity index (χ1) is 36.2. The van der Waals surface area contributed by atoms with Crippen LogP contribution in [0.25, 0.3) is 0 Å². The largest absolute Gasteiger partial charge is 0.472 e. The Hall–Kier alpha value is -2.30. The number of hydrogen-bond donors (Lipinski definition) is 2. The molecule has 0 radical (unpaired) electrons. The van der Waals surface area contributed by atoms with Crippen LogP contribution in [0.1, 0.15) is 303 Å². The molecule has 3 unspecified atom stereocenters. The van der Waals surface area contributed by atoms with Crippen LogP contribution in [0.15, 0.2) is 36.5 Å². The SMILES string of the molecule is CCC/C=C\C/C=C\CCCCCCCC(=O)OCC(COP(=O)(O)OCC(CO)OC(=O)CCCCCCC/C=C\CCCCCCCC)OC(=O)CCCCCCCCCCCCCCCCCCCCC. The molecule has 0 aromatic rings. The summed E-state index contributed by atoms with van der Waals surface area (Å²) in [6.45, 7) is 4.61. The molecule has 3 atom stereocenters. The quantitative estimate of drug-likeness (QED) is 0.0197. The van der Waals surface area contributed by atoms with Gasteiger partial charge in [0.25, 0.3) is 0 Å². The molecule has 0 aliphatic rings. The molecular weight excluding hydrogens is 952 g/mol. The molecule has 0 aliphatic carbocycles. The van der Waals surface area contributed by atoms with Crippen molar-refractivity contribution in [3.63, 3.8) is 0 Å². The van der Waals surface area contributed by atoms with Gasteiger partial charge in [0, 0.05) is 19.3 Å². The first-order valence-electron chi connectivity index (χ1n) is 30.9. The summed E-state index contributed by atoms with van der Waals surface area (Å²) >= 11 is 0. The first-order valence-corrected chi connectivity index (χ1v) is 32.4. The van der Waals surface area contributed by atoms with E-state index >= 15 is 0 Å². The van der Waals surface area contributed by atoms with Crippen molar-refractivity contribution in [2.45, 2.75) is 315 Å². The van der Waals surface area contributed by atoms with Crippen molar-refractivity contribution in [2.75, 3.05) is 26.4 Å². The van der Waals surface area contributed by atoms with Crippen LogP contribution in [-0.4, -0.2) is 66.5 Å². The molecule has 434 valence electrons. The van der Waals surface area contributed by atoms with Gasteiger partial charge in [-0.2, -0.15) is 0 Å². The van der Waals surface area contributed by atoms with Crippen LogP contribution >= 0.6 is 7.82 Å². The highest BCUT2D eigenvalue weighted by atomic mass is 31.2. The van der Waals surface area contributed by atoms with E-state index in [2.05, 4.69) is 57.2 Å². The molecule has 0 rings (SSSR count). The molecule has 0 heterocycles. The molecule has 0 saturated heterocycles. The average Bonchev–Trinajstić information content (AvgIpc) is 3.39. The predicted octanol–water partition coefficient (Wildman–Crippen LogP) is 18.4. The van der Waals surface area contributed by atoms with Crippen molar-refractivity contribution in [1.82, 2.24) is 0 Å². The molecule has 12 heteroatoms. The molecule has 0 saturated carbocycles. The Morgan fingerprint density at radius 1 is 0.378 bits per heavy atom. The van der Waals surface area contributed by atoms with E-state index in [0.717, 1.165) is 103 Å². The minimum absolute atomic E-state index is 0.169. The smallest absolute Gasteiger partial charge is 0.462 e. The Labute approximate surface area is 454 Å². The zero-order valence-electron chi connectivity index (χ0n) is 48.1. The zero-order chi connectivity index (χ0) is 54.1. The first kappa shape index (κ1) is 71.7. The lowest BCUT2D eigenvalue weighted by molar-refractivity contribution is -0.161. The minimum Gasteiger partial charge on any atom is -0.462 e. The van der Waals surface area contributed by atoms with E-state index in [4.69, 9.17) is 23.3 Å². The lowest BCUT2D eigenvalue weighted by atomic mass is 10.0. The molecule has 11 nitrogen and oxygen atoms in total. The number of phosphoric acid groups is 1.